The molecule has 1 unspecified atom stereocenters. The van der Waals surface area contributed by atoms with Crippen LogP contribution in [0.15, 0.2) is 29.2 Å². The van der Waals surface area contributed by atoms with Gasteiger partial charge in [-0.05, 0) is 36.6 Å². The average molecular weight is 291 g/mol. The van der Waals surface area contributed by atoms with E-state index >= 15 is 0 Å². The highest BCUT2D eigenvalue weighted by Crippen LogP contribution is 2.21. The molecule has 1 aromatic carbocycles. The second-order valence-electron chi connectivity index (χ2n) is 4.73. The molecule has 0 aromatic heterocycles. The first kappa shape index (κ1) is 15.9. The molecule has 0 bridgehead atoms. The molecular weight excluding hydrogens is 272 g/mol. The zero-order chi connectivity index (χ0) is 14.6. The van der Waals surface area contributed by atoms with Crippen molar-refractivity contribution >= 4 is 15.5 Å². The van der Waals surface area contributed by atoms with E-state index in [2.05, 4.69) is 19.2 Å². The molecule has 1 aromatic rings. The Morgan fingerprint density at radius 1 is 1.16 bits per heavy atom. The van der Waals surface area contributed by atoms with Crippen LogP contribution >= 0.6 is 0 Å². The van der Waals surface area contributed by atoms with Gasteiger partial charge in [0.1, 0.15) is 0 Å². The Labute approximate surface area is 112 Å². The van der Waals surface area contributed by atoms with Crippen LogP contribution in [0.25, 0.3) is 0 Å². The van der Waals surface area contributed by atoms with Gasteiger partial charge in [0.05, 0.1) is 4.90 Å². The third kappa shape index (κ3) is 3.89. The summed E-state index contributed by atoms with van der Waals surface area (Å²) in [6.45, 7) is 6.21. The minimum absolute atomic E-state index is 0.262. The SMILES string of the molecule is CCC(Nc1ccc(S(=O)(=O)C(F)F)cc1)C(C)C. The molecule has 0 saturated heterocycles. The molecule has 108 valence electrons. The third-order valence-electron chi connectivity index (χ3n) is 3.01. The number of alkyl halides is 2. The summed E-state index contributed by atoms with van der Waals surface area (Å²) in [6.07, 6.45) is 0.925. The van der Waals surface area contributed by atoms with E-state index in [-0.39, 0.29) is 10.9 Å². The first-order valence-corrected chi connectivity index (χ1v) is 7.72. The zero-order valence-electron chi connectivity index (χ0n) is 11.2. The maximum atomic E-state index is 12.4. The fraction of sp³-hybridized carbons (Fsp3) is 0.538. The second-order valence-corrected chi connectivity index (χ2v) is 6.65. The number of halogens is 2. The molecular formula is C13H19F2NO2S. The van der Waals surface area contributed by atoms with Gasteiger partial charge in [-0.3, -0.25) is 0 Å². The molecule has 0 amide bonds. The predicted molar refractivity (Wildman–Crippen MR) is 72.2 cm³/mol. The molecule has 0 fully saturated rings. The number of benzene rings is 1. The minimum atomic E-state index is -4.51. The van der Waals surface area contributed by atoms with E-state index in [1.807, 2.05) is 6.92 Å². The number of hydrogen-bond donors (Lipinski definition) is 1. The van der Waals surface area contributed by atoms with Crippen molar-refractivity contribution in [2.24, 2.45) is 5.92 Å². The van der Waals surface area contributed by atoms with Gasteiger partial charge in [-0.2, -0.15) is 8.78 Å². The lowest BCUT2D eigenvalue weighted by Gasteiger charge is -2.22. The lowest BCUT2D eigenvalue weighted by atomic mass is 10.0. The van der Waals surface area contributed by atoms with Crippen molar-refractivity contribution in [2.45, 2.75) is 43.9 Å². The van der Waals surface area contributed by atoms with Crippen molar-refractivity contribution in [1.82, 2.24) is 0 Å². The van der Waals surface area contributed by atoms with Gasteiger partial charge in [-0.1, -0.05) is 20.8 Å². The third-order valence-corrected chi connectivity index (χ3v) is 4.41. The van der Waals surface area contributed by atoms with Gasteiger partial charge in [-0.15, -0.1) is 0 Å². The first-order valence-electron chi connectivity index (χ1n) is 6.17. The van der Waals surface area contributed by atoms with Crippen LogP contribution in [0.5, 0.6) is 0 Å². The van der Waals surface area contributed by atoms with Crippen molar-refractivity contribution in [3.05, 3.63) is 24.3 Å². The molecule has 0 heterocycles. The molecule has 0 saturated carbocycles. The Hall–Kier alpha value is -1.17. The lowest BCUT2D eigenvalue weighted by Crippen LogP contribution is -2.24. The molecule has 1 atom stereocenters. The van der Waals surface area contributed by atoms with Gasteiger partial charge in [-0.25, -0.2) is 8.42 Å². The highest BCUT2D eigenvalue weighted by Gasteiger charge is 2.26. The fourth-order valence-electron chi connectivity index (χ4n) is 1.80. The summed E-state index contributed by atoms with van der Waals surface area (Å²) in [5, 5.41) is 3.25. The predicted octanol–water partition coefficient (Wildman–Crippen LogP) is 3.53. The number of nitrogens with one attached hydrogen (secondary N) is 1. The molecule has 1 rings (SSSR count). The summed E-state index contributed by atoms with van der Waals surface area (Å²) in [6, 6.07) is 5.70. The van der Waals surface area contributed by atoms with E-state index in [1.165, 1.54) is 24.3 Å². The highest BCUT2D eigenvalue weighted by molar-refractivity contribution is 7.91. The summed E-state index contributed by atoms with van der Waals surface area (Å²) in [5.74, 6) is -2.96. The van der Waals surface area contributed by atoms with Crippen LogP contribution in [-0.4, -0.2) is 20.2 Å². The van der Waals surface area contributed by atoms with Gasteiger partial charge in [0.15, 0.2) is 0 Å². The molecule has 1 N–H and O–H groups in total. The van der Waals surface area contributed by atoms with Gasteiger partial charge >= 0.3 is 5.76 Å². The lowest BCUT2D eigenvalue weighted by molar-refractivity contribution is 0.234. The van der Waals surface area contributed by atoms with Gasteiger partial charge in [0.25, 0.3) is 0 Å². The molecule has 19 heavy (non-hydrogen) atoms. The van der Waals surface area contributed by atoms with E-state index in [4.69, 9.17) is 0 Å². The van der Waals surface area contributed by atoms with Gasteiger partial charge in [0.2, 0.25) is 9.84 Å². The summed E-state index contributed by atoms with van der Waals surface area (Å²) < 4.78 is 47.3. The molecule has 0 radical (unpaired) electrons. The second kappa shape index (κ2) is 6.32. The topological polar surface area (TPSA) is 46.2 Å². The smallest absolute Gasteiger partial charge is 0.341 e. The normalized spacial score (nSPS) is 13.8. The monoisotopic (exact) mass is 291 g/mol. The highest BCUT2D eigenvalue weighted by atomic mass is 32.2. The largest absolute Gasteiger partial charge is 0.382 e. The molecule has 6 heteroatoms. The average Bonchev–Trinajstić information content (AvgIpc) is 2.35. The number of hydrogen-bond acceptors (Lipinski definition) is 3. The van der Waals surface area contributed by atoms with E-state index in [0.717, 1.165) is 12.1 Å². The Balaban J connectivity index is 2.89. The van der Waals surface area contributed by atoms with Crippen molar-refractivity contribution in [3.63, 3.8) is 0 Å². The van der Waals surface area contributed by atoms with E-state index in [9.17, 15) is 17.2 Å². The van der Waals surface area contributed by atoms with Crippen LogP contribution in [0.4, 0.5) is 14.5 Å². The van der Waals surface area contributed by atoms with Crippen LogP contribution in [0.2, 0.25) is 0 Å². The van der Waals surface area contributed by atoms with Crippen LogP contribution in [-0.2, 0) is 9.84 Å². The summed E-state index contributed by atoms with van der Waals surface area (Å²) in [5.41, 5.74) is 0.730. The van der Waals surface area contributed by atoms with Crippen LogP contribution in [0.1, 0.15) is 27.2 Å². The Morgan fingerprint density at radius 3 is 2.05 bits per heavy atom. The first-order chi connectivity index (χ1) is 8.78. The van der Waals surface area contributed by atoms with Gasteiger partial charge in [0, 0.05) is 11.7 Å². The maximum Gasteiger partial charge on any atom is 0.341 e. The number of rotatable bonds is 6. The Bertz CT molecular complexity index is 498. The van der Waals surface area contributed by atoms with E-state index in [1.54, 1.807) is 0 Å². The quantitative estimate of drug-likeness (QED) is 0.872. The molecule has 0 spiro atoms. The zero-order valence-corrected chi connectivity index (χ0v) is 12.0. The van der Waals surface area contributed by atoms with Crippen LogP contribution in [0, 0.1) is 5.92 Å². The molecule has 0 aliphatic rings. The Kier molecular flexibility index (Phi) is 5.29. The van der Waals surface area contributed by atoms with E-state index < -0.39 is 15.6 Å². The molecule has 3 nitrogen and oxygen atoms in total. The van der Waals surface area contributed by atoms with E-state index in [0.29, 0.717) is 5.92 Å². The van der Waals surface area contributed by atoms with Crippen molar-refractivity contribution in [1.29, 1.82) is 0 Å². The van der Waals surface area contributed by atoms with Gasteiger partial charge < -0.3 is 5.32 Å². The minimum Gasteiger partial charge on any atom is -0.382 e. The summed E-state index contributed by atoms with van der Waals surface area (Å²) in [4.78, 5) is -0.356. The number of anilines is 1. The van der Waals surface area contributed by atoms with Crippen LogP contribution < -0.4 is 5.32 Å². The van der Waals surface area contributed by atoms with Crippen molar-refractivity contribution in [3.8, 4) is 0 Å². The standard InChI is InChI=1S/C13H19F2NO2S/c1-4-12(9(2)3)16-10-5-7-11(8-6-10)19(17,18)13(14)15/h5-9,12-13,16H,4H2,1-3H3. The fourth-order valence-corrected chi connectivity index (χ4v) is 2.52. The van der Waals surface area contributed by atoms with Crippen LogP contribution in [0.3, 0.4) is 0 Å². The molecule has 0 aliphatic heterocycles. The van der Waals surface area contributed by atoms with Crippen molar-refractivity contribution < 1.29 is 17.2 Å². The maximum absolute atomic E-state index is 12.4. The Morgan fingerprint density at radius 2 is 1.68 bits per heavy atom. The number of sulfone groups is 1. The summed E-state index contributed by atoms with van der Waals surface area (Å²) >= 11 is 0. The van der Waals surface area contributed by atoms with Crippen molar-refractivity contribution in [2.75, 3.05) is 5.32 Å². The summed E-state index contributed by atoms with van der Waals surface area (Å²) in [7, 11) is -4.51. The molecule has 0 aliphatic carbocycles.